The van der Waals surface area contributed by atoms with Gasteiger partial charge in [0.05, 0.1) is 25.8 Å². The largest absolute Gasteiger partial charge is 0.497 e. The molecule has 44 heavy (non-hydrogen) atoms. The molecule has 0 bridgehead atoms. The number of carbonyl (C=O) groups excluding carboxylic acids is 3. The first-order chi connectivity index (χ1) is 21.2. The van der Waals surface area contributed by atoms with Gasteiger partial charge in [0.2, 0.25) is 0 Å². The molecular formula is C33H36F2N4O5. The molecule has 2 unspecified atom stereocenters. The van der Waals surface area contributed by atoms with Crippen LogP contribution in [-0.4, -0.2) is 85.0 Å². The fourth-order valence-electron chi connectivity index (χ4n) is 5.74. The Morgan fingerprint density at radius 3 is 2.27 bits per heavy atom. The van der Waals surface area contributed by atoms with Crippen molar-refractivity contribution in [3.63, 3.8) is 0 Å². The molecular weight excluding hydrogens is 570 g/mol. The topological polar surface area (TPSA) is 101 Å². The third-order valence-electron chi connectivity index (χ3n) is 8.34. The zero-order valence-corrected chi connectivity index (χ0v) is 24.8. The van der Waals surface area contributed by atoms with Gasteiger partial charge in [-0.25, -0.2) is 8.78 Å². The van der Waals surface area contributed by atoms with E-state index in [9.17, 15) is 18.8 Å². The minimum absolute atomic E-state index is 0.0575. The summed E-state index contributed by atoms with van der Waals surface area (Å²) in [7, 11) is 2.97. The Labute approximate surface area is 255 Å². The van der Waals surface area contributed by atoms with Crippen molar-refractivity contribution >= 4 is 17.6 Å². The molecule has 2 aromatic carbocycles. The fourth-order valence-corrected chi connectivity index (χ4v) is 5.74. The molecule has 0 saturated carbocycles. The van der Waals surface area contributed by atoms with E-state index in [2.05, 4.69) is 10.3 Å². The maximum absolute atomic E-state index is 15.0. The number of alkyl halides is 1. The summed E-state index contributed by atoms with van der Waals surface area (Å²) in [5.74, 6) is -0.458. The number of aromatic nitrogens is 1. The summed E-state index contributed by atoms with van der Waals surface area (Å²) in [6.45, 7) is 1.89. The van der Waals surface area contributed by atoms with Crippen LogP contribution in [0.5, 0.6) is 11.5 Å². The third-order valence-corrected chi connectivity index (χ3v) is 8.34. The van der Waals surface area contributed by atoms with Gasteiger partial charge in [-0.2, -0.15) is 0 Å². The highest BCUT2D eigenvalue weighted by atomic mass is 19.1. The van der Waals surface area contributed by atoms with Crippen LogP contribution in [-0.2, 0) is 6.54 Å². The predicted octanol–water partition coefficient (Wildman–Crippen LogP) is 4.32. The summed E-state index contributed by atoms with van der Waals surface area (Å²) in [4.78, 5) is 46.6. The van der Waals surface area contributed by atoms with Gasteiger partial charge in [0.15, 0.2) is 17.3 Å². The van der Waals surface area contributed by atoms with Crippen LogP contribution in [0.2, 0.25) is 0 Å². The Kier molecular flexibility index (Phi) is 9.84. The predicted molar refractivity (Wildman–Crippen MR) is 159 cm³/mol. The molecule has 2 atom stereocenters. The number of benzene rings is 2. The highest BCUT2D eigenvalue weighted by Crippen LogP contribution is 2.25. The Morgan fingerprint density at radius 2 is 1.66 bits per heavy atom. The van der Waals surface area contributed by atoms with Crippen molar-refractivity contribution in [2.75, 3.05) is 40.4 Å². The summed E-state index contributed by atoms with van der Waals surface area (Å²) in [6, 6.07) is 14.0. The molecule has 1 N–H and O–H groups in total. The van der Waals surface area contributed by atoms with Crippen LogP contribution in [0.15, 0.2) is 60.8 Å². The van der Waals surface area contributed by atoms with Gasteiger partial charge in [0, 0.05) is 50.4 Å². The second kappa shape index (κ2) is 13.9. The van der Waals surface area contributed by atoms with Gasteiger partial charge in [-0.15, -0.1) is 0 Å². The number of methoxy groups -OCH3 is 2. The lowest BCUT2D eigenvalue weighted by molar-refractivity contribution is 0.0645. The molecule has 0 radical (unpaired) electrons. The lowest BCUT2D eigenvalue weighted by atomic mass is 9.88. The third kappa shape index (κ3) is 7.21. The van der Waals surface area contributed by atoms with Crippen LogP contribution < -0.4 is 14.8 Å². The van der Waals surface area contributed by atoms with E-state index in [0.29, 0.717) is 62.3 Å². The molecule has 232 valence electrons. The normalized spacial score (nSPS) is 19.3. The molecule has 2 aliphatic rings. The number of piperidine rings is 2. The Bertz CT molecular complexity index is 1480. The van der Waals surface area contributed by atoms with Crippen LogP contribution in [0.3, 0.4) is 0 Å². The van der Waals surface area contributed by atoms with Crippen molar-refractivity contribution in [2.45, 2.75) is 38.0 Å². The highest BCUT2D eigenvalue weighted by Gasteiger charge is 2.32. The summed E-state index contributed by atoms with van der Waals surface area (Å²) in [6.07, 6.45) is 1.52. The molecule has 2 fully saturated rings. The number of hydrogen-bond donors (Lipinski definition) is 1. The monoisotopic (exact) mass is 606 g/mol. The summed E-state index contributed by atoms with van der Waals surface area (Å²) in [5.41, 5.74) is 1.77. The van der Waals surface area contributed by atoms with Gasteiger partial charge in [-0.05, 0) is 73.4 Å². The lowest BCUT2D eigenvalue weighted by Crippen LogP contribution is -2.52. The quantitative estimate of drug-likeness (QED) is 0.362. The second-order valence-corrected chi connectivity index (χ2v) is 11.2. The number of likely N-dealkylation sites (tertiary alicyclic amines) is 2. The van der Waals surface area contributed by atoms with Crippen molar-refractivity contribution in [1.29, 1.82) is 0 Å². The van der Waals surface area contributed by atoms with Crippen molar-refractivity contribution < 1.29 is 32.6 Å². The Morgan fingerprint density at radius 1 is 0.932 bits per heavy atom. The SMILES string of the molecule is COc1ccc(C(=O)C2CCN(C(=O)c3ccc(C(=O)NC4CCN(Cc5ccc(OC)c(F)c5)CC4F)cn3)CC2)cc1. The number of carbonyl (C=O) groups is 3. The van der Waals surface area contributed by atoms with Crippen molar-refractivity contribution in [3.8, 4) is 11.5 Å². The summed E-state index contributed by atoms with van der Waals surface area (Å²) in [5, 5.41) is 2.75. The van der Waals surface area contributed by atoms with E-state index in [1.807, 2.05) is 4.90 Å². The van der Waals surface area contributed by atoms with Gasteiger partial charge in [-0.3, -0.25) is 24.3 Å². The molecule has 1 aromatic heterocycles. The molecule has 0 aliphatic carbocycles. The van der Waals surface area contributed by atoms with E-state index in [1.54, 1.807) is 48.4 Å². The lowest BCUT2D eigenvalue weighted by Gasteiger charge is -2.35. The Balaban J connectivity index is 1.09. The van der Waals surface area contributed by atoms with Gasteiger partial charge in [0.1, 0.15) is 17.6 Å². The molecule has 3 heterocycles. The van der Waals surface area contributed by atoms with Crippen LogP contribution >= 0.6 is 0 Å². The van der Waals surface area contributed by atoms with Gasteiger partial charge in [0.25, 0.3) is 11.8 Å². The van der Waals surface area contributed by atoms with Gasteiger partial charge < -0.3 is 19.7 Å². The average molecular weight is 607 g/mol. The maximum atomic E-state index is 15.0. The number of nitrogens with one attached hydrogen (secondary N) is 1. The molecule has 9 nitrogen and oxygen atoms in total. The number of ketones is 1. The molecule has 2 saturated heterocycles. The molecule has 0 spiro atoms. The first kappa shape index (κ1) is 31.1. The van der Waals surface area contributed by atoms with Gasteiger partial charge in [-0.1, -0.05) is 6.07 Å². The average Bonchev–Trinajstić information content (AvgIpc) is 3.05. The highest BCUT2D eigenvalue weighted by molar-refractivity contribution is 5.99. The van der Waals surface area contributed by atoms with Crippen LogP contribution in [0.1, 0.15) is 56.0 Å². The maximum Gasteiger partial charge on any atom is 0.272 e. The van der Waals surface area contributed by atoms with Crippen molar-refractivity contribution in [1.82, 2.24) is 20.1 Å². The van der Waals surface area contributed by atoms with E-state index in [-0.39, 0.29) is 41.2 Å². The number of amides is 2. The number of halogens is 2. The Hall–Kier alpha value is -4.38. The van der Waals surface area contributed by atoms with Crippen molar-refractivity contribution in [3.05, 3.63) is 89.0 Å². The number of nitrogens with zero attached hydrogens (tertiary/aromatic N) is 3. The zero-order valence-electron chi connectivity index (χ0n) is 24.8. The molecule has 11 heteroatoms. The zero-order chi connectivity index (χ0) is 31.2. The first-order valence-electron chi connectivity index (χ1n) is 14.7. The minimum Gasteiger partial charge on any atom is -0.497 e. The summed E-state index contributed by atoms with van der Waals surface area (Å²) >= 11 is 0. The smallest absolute Gasteiger partial charge is 0.272 e. The van der Waals surface area contributed by atoms with Crippen LogP contribution in [0.25, 0.3) is 0 Å². The number of pyridine rings is 1. The fraction of sp³-hybridized carbons (Fsp3) is 0.394. The van der Waals surface area contributed by atoms with E-state index in [4.69, 9.17) is 9.47 Å². The van der Waals surface area contributed by atoms with Gasteiger partial charge >= 0.3 is 0 Å². The van der Waals surface area contributed by atoms with E-state index < -0.39 is 23.9 Å². The molecule has 2 amide bonds. The number of hydrogen-bond acceptors (Lipinski definition) is 7. The van der Waals surface area contributed by atoms with E-state index >= 15 is 4.39 Å². The van der Waals surface area contributed by atoms with Crippen molar-refractivity contribution in [2.24, 2.45) is 5.92 Å². The second-order valence-electron chi connectivity index (χ2n) is 11.2. The number of ether oxygens (including phenoxy) is 2. The number of Topliss-reactive ketones (excluding diaryl/α,β-unsaturated/α-hetero) is 1. The first-order valence-corrected chi connectivity index (χ1v) is 14.7. The molecule has 2 aliphatic heterocycles. The van der Waals surface area contributed by atoms with Crippen LogP contribution in [0, 0.1) is 11.7 Å². The van der Waals surface area contributed by atoms with Crippen LogP contribution in [0.4, 0.5) is 8.78 Å². The standard InChI is InChI=1S/C33H36F2N4O5/c1-43-25-7-4-22(5-8-25)31(40)23-11-15-39(16-12-23)33(42)29-9-6-24(18-36-29)32(41)37-28-13-14-38(20-27(28)35)19-21-3-10-30(44-2)26(34)17-21/h3-10,17-18,23,27-28H,11-16,19-20H2,1-2H3,(H,37,41). The number of rotatable bonds is 9. The minimum atomic E-state index is -1.30. The molecule has 5 rings (SSSR count). The van der Waals surface area contributed by atoms with E-state index in [1.165, 1.54) is 31.5 Å². The molecule has 3 aromatic rings. The summed E-state index contributed by atoms with van der Waals surface area (Å²) < 4.78 is 39.1. The van der Waals surface area contributed by atoms with E-state index in [0.717, 1.165) is 0 Å².